The summed E-state index contributed by atoms with van der Waals surface area (Å²) in [6.45, 7) is 2.04. The summed E-state index contributed by atoms with van der Waals surface area (Å²) < 4.78 is 11.6. The lowest BCUT2D eigenvalue weighted by atomic mass is 9.69. The molecule has 0 bridgehead atoms. The molecule has 200 valence electrons. The Hall–Kier alpha value is -3.71. The van der Waals surface area contributed by atoms with Crippen molar-refractivity contribution in [3.05, 3.63) is 105 Å². The zero-order chi connectivity index (χ0) is 27.5. The maximum atomic E-state index is 13.8. The first kappa shape index (κ1) is 26.9. The molecular weight excluding hydrogens is 558 g/mol. The van der Waals surface area contributed by atoms with E-state index in [2.05, 4.69) is 15.9 Å². The molecule has 1 aliphatic heterocycles. The van der Waals surface area contributed by atoms with E-state index in [1.807, 2.05) is 67.6 Å². The molecule has 0 amide bonds. The molecule has 0 fully saturated rings. The van der Waals surface area contributed by atoms with Gasteiger partial charge in [0.1, 0.15) is 5.92 Å². The SMILES string of the molecule is COc1cc([C@H]2C3=C(C[C@@H](c4ccccc4)CC3=O)N=C(C)C2C(=O)OCCc2ccccc2)cc(Br)c1O. The molecule has 3 aromatic carbocycles. The summed E-state index contributed by atoms with van der Waals surface area (Å²) in [5.41, 5.74) is 4.69. The minimum absolute atomic E-state index is 0.0186. The summed E-state index contributed by atoms with van der Waals surface area (Å²) in [6.07, 6.45) is 1.52. The van der Waals surface area contributed by atoms with Gasteiger partial charge < -0.3 is 14.6 Å². The van der Waals surface area contributed by atoms with E-state index in [0.29, 0.717) is 46.3 Å². The van der Waals surface area contributed by atoms with E-state index in [0.717, 1.165) is 11.1 Å². The number of carbonyl (C=O) groups excluding carboxylic acids is 2. The second-order valence-corrected chi connectivity index (χ2v) is 10.8. The van der Waals surface area contributed by atoms with Gasteiger partial charge in [0, 0.05) is 35.7 Å². The molecule has 1 unspecified atom stereocenters. The predicted molar refractivity (Wildman–Crippen MR) is 153 cm³/mol. The van der Waals surface area contributed by atoms with Gasteiger partial charge >= 0.3 is 5.97 Å². The lowest BCUT2D eigenvalue weighted by Crippen LogP contribution is -2.38. The summed E-state index contributed by atoms with van der Waals surface area (Å²) >= 11 is 3.41. The van der Waals surface area contributed by atoms with Crippen molar-refractivity contribution in [3.8, 4) is 11.5 Å². The number of hydrogen-bond acceptors (Lipinski definition) is 6. The zero-order valence-corrected chi connectivity index (χ0v) is 23.5. The molecule has 1 aliphatic carbocycles. The summed E-state index contributed by atoms with van der Waals surface area (Å²) in [7, 11) is 1.47. The number of aromatic hydroxyl groups is 1. The van der Waals surface area contributed by atoms with E-state index < -0.39 is 17.8 Å². The summed E-state index contributed by atoms with van der Waals surface area (Å²) in [4.78, 5) is 32.3. The number of rotatable bonds is 7. The van der Waals surface area contributed by atoms with Gasteiger partial charge in [-0.2, -0.15) is 0 Å². The molecule has 0 radical (unpaired) electrons. The highest BCUT2D eigenvalue weighted by Gasteiger charge is 2.45. The fourth-order valence-electron chi connectivity index (χ4n) is 5.62. The van der Waals surface area contributed by atoms with Crippen molar-refractivity contribution in [2.75, 3.05) is 13.7 Å². The van der Waals surface area contributed by atoms with E-state index in [9.17, 15) is 14.7 Å². The van der Waals surface area contributed by atoms with Crippen LogP contribution in [0.15, 0.2) is 93.5 Å². The zero-order valence-electron chi connectivity index (χ0n) is 21.9. The number of Topliss-reactive ketones (excluding diaryl/α,β-unsaturated/α-hetero) is 1. The summed E-state index contributed by atoms with van der Waals surface area (Å²) in [5, 5.41) is 10.5. The Morgan fingerprint density at radius 3 is 2.41 bits per heavy atom. The Labute approximate surface area is 236 Å². The minimum atomic E-state index is -0.780. The molecule has 0 aromatic heterocycles. The van der Waals surface area contributed by atoms with Crippen LogP contribution in [0.2, 0.25) is 0 Å². The van der Waals surface area contributed by atoms with Gasteiger partial charge in [0.05, 0.1) is 18.2 Å². The molecule has 0 saturated heterocycles. The fraction of sp³-hybridized carbons (Fsp3) is 0.281. The third kappa shape index (κ3) is 5.55. The van der Waals surface area contributed by atoms with Crippen LogP contribution in [0.3, 0.4) is 0 Å². The smallest absolute Gasteiger partial charge is 0.315 e. The van der Waals surface area contributed by atoms with Crippen LogP contribution in [0.5, 0.6) is 11.5 Å². The first-order valence-electron chi connectivity index (χ1n) is 13.0. The Morgan fingerprint density at radius 2 is 1.72 bits per heavy atom. The number of hydrogen-bond donors (Lipinski definition) is 1. The van der Waals surface area contributed by atoms with Crippen molar-refractivity contribution in [3.63, 3.8) is 0 Å². The number of carbonyl (C=O) groups is 2. The Bertz CT molecular complexity index is 1450. The Balaban J connectivity index is 1.52. The van der Waals surface area contributed by atoms with Crippen molar-refractivity contribution in [1.29, 1.82) is 0 Å². The minimum Gasteiger partial charge on any atom is -0.503 e. The molecule has 1 N–H and O–H groups in total. The van der Waals surface area contributed by atoms with Crippen molar-refractivity contribution < 1.29 is 24.2 Å². The molecule has 6 nitrogen and oxygen atoms in total. The van der Waals surface area contributed by atoms with Crippen LogP contribution in [-0.2, 0) is 20.7 Å². The lowest BCUT2D eigenvalue weighted by molar-refractivity contribution is -0.146. The van der Waals surface area contributed by atoms with Crippen LogP contribution >= 0.6 is 15.9 Å². The van der Waals surface area contributed by atoms with Gasteiger partial charge in [-0.3, -0.25) is 14.6 Å². The van der Waals surface area contributed by atoms with Crippen molar-refractivity contribution in [2.45, 2.75) is 38.0 Å². The van der Waals surface area contributed by atoms with Gasteiger partial charge in [0.25, 0.3) is 0 Å². The average Bonchev–Trinajstić information content (AvgIpc) is 2.94. The highest BCUT2D eigenvalue weighted by atomic mass is 79.9. The first-order valence-corrected chi connectivity index (χ1v) is 13.8. The monoisotopic (exact) mass is 587 g/mol. The van der Waals surface area contributed by atoms with Crippen molar-refractivity contribution in [1.82, 2.24) is 0 Å². The van der Waals surface area contributed by atoms with Crippen LogP contribution in [0.4, 0.5) is 0 Å². The van der Waals surface area contributed by atoms with E-state index in [1.54, 1.807) is 12.1 Å². The second kappa shape index (κ2) is 11.6. The van der Waals surface area contributed by atoms with Gasteiger partial charge in [-0.1, -0.05) is 60.7 Å². The number of aliphatic imine (C=N–C) groups is 1. The molecule has 0 spiro atoms. The van der Waals surface area contributed by atoms with Gasteiger partial charge in [0.15, 0.2) is 17.3 Å². The number of halogens is 1. The normalized spacial score (nSPS) is 20.7. The number of esters is 1. The molecule has 2 aliphatic rings. The topological polar surface area (TPSA) is 85.2 Å². The molecular formula is C32H30BrNO5. The van der Waals surface area contributed by atoms with Gasteiger partial charge in [-0.15, -0.1) is 0 Å². The van der Waals surface area contributed by atoms with Crippen LogP contribution in [0.25, 0.3) is 0 Å². The number of methoxy groups -OCH3 is 1. The molecule has 5 rings (SSSR count). The number of nitrogens with zero attached hydrogens (tertiary/aromatic N) is 1. The average molecular weight is 588 g/mol. The van der Waals surface area contributed by atoms with Crippen LogP contribution in [0, 0.1) is 5.92 Å². The molecule has 3 aromatic rings. The van der Waals surface area contributed by atoms with Crippen LogP contribution in [-0.4, -0.2) is 36.3 Å². The van der Waals surface area contributed by atoms with E-state index in [1.165, 1.54) is 7.11 Å². The highest BCUT2D eigenvalue weighted by molar-refractivity contribution is 9.10. The first-order chi connectivity index (χ1) is 18.9. The van der Waals surface area contributed by atoms with Gasteiger partial charge in [0.2, 0.25) is 0 Å². The van der Waals surface area contributed by atoms with Gasteiger partial charge in [-0.25, -0.2) is 0 Å². The maximum Gasteiger partial charge on any atom is 0.315 e. The summed E-state index contributed by atoms with van der Waals surface area (Å²) in [6, 6.07) is 23.2. The van der Waals surface area contributed by atoms with Crippen molar-refractivity contribution in [2.24, 2.45) is 10.9 Å². The number of ether oxygens (including phenoxy) is 2. The molecule has 3 atom stereocenters. The Morgan fingerprint density at radius 1 is 1.03 bits per heavy atom. The fourth-order valence-corrected chi connectivity index (χ4v) is 6.08. The van der Waals surface area contributed by atoms with E-state index in [-0.39, 0.29) is 29.8 Å². The van der Waals surface area contributed by atoms with Crippen LogP contribution < -0.4 is 4.74 Å². The number of phenols is 1. The standard InChI is InChI=1S/C32H30BrNO5/c1-19-28(32(37)39-14-13-20-9-5-3-6-10-20)29(23-15-24(33)31(36)27(18-23)38-2)30-25(34-19)16-22(17-26(30)35)21-11-7-4-8-12-21/h3-12,15,18,22,28-29,36H,13-14,16-17H2,1-2H3/t22-,28?,29-/m1/s1. The van der Waals surface area contributed by atoms with E-state index in [4.69, 9.17) is 14.5 Å². The number of ketones is 1. The lowest BCUT2D eigenvalue weighted by Gasteiger charge is -2.36. The molecule has 39 heavy (non-hydrogen) atoms. The molecule has 7 heteroatoms. The number of phenolic OH excluding ortho intramolecular Hbond substituents is 1. The highest BCUT2D eigenvalue weighted by Crippen LogP contribution is 2.49. The third-order valence-electron chi connectivity index (χ3n) is 7.52. The van der Waals surface area contributed by atoms with Gasteiger partial charge in [-0.05, 0) is 64.0 Å². The number of benzene rings is 3. The summed E-state index contributed by atoms with van der Waals surface area (Å²) in [5.74, 6) is -1.62. The maximum absolute atomic E-state index is 13.8. The van der Waals surface area contributed by atoms with E-state index >= 15 is 0 Å². The predicted octanol–water partition coefficient (Wildman–Crippen LogP) is 6.52. The quantitative estimate of drug-likeness (QED) is 0.318. The largest absolute Gasteiger partial charge is 0.503 e. The number of allylic oxidation sites excluding steroid dienone is 2. The van der Waals surface area contributed by atoms with Crippen LogP contribution in [0.1, 0.15) is 48.3 Å². The molecule has 1 heterocycles. The third-order valence-corrected chi connectivity index (χ3v) is 8.13. The molecule has 0 saturated carbocycles. The van der Waals surface area contributed by atoms with Crippen molar-refractivity contribution >= 4 is 33.4 Å². The Kier molecular flexibility index (Phi) is 7.98. The second-order valence-electron chi connectivity index (χ2n) is 9.96.